The van der Waals surface area contributed by atoms with Crippen LogP contribution in [0.25, 0.3) is 0 Å². The molecule has 1 aliphatic rings. The Hall–Kier alpha value is -0.510. The average Bonchev–Trinajstić information content (AvgIpc) is 1.86. The number of alkyl halides is 2. The van der Waals surface area contributed by atoms with Crippen molar-refractivity contribution in [3.63, 3.8) is 0 Å². The second-order valence-electron chi connectivity index (χ2n) is 2.80. The second-order valence-corrected chi connectivity index (χ2v) is 2.80. The summed E-state index contributed by atoms with van der Waals surface area (Å²) < 4.78 is 29.5. The largest absolute Gasteiger partial charge is 0.364 e. The lowest BCUT2D eigenvalue weighted by Crippen LogP contribution is -2.37. The van der Waals surface area contributed by atoms with E-state index < -0.39 is 18.6 Å². The van der Waals surface area contributed by atoms with Gasteiger partial charge in [0, 0.05) is 6.42 Å². The van der Waals surface area contributed by atoms with E-state index in [2.05, 4.69) is 4.74 Å². The van der Waals surface area contributed by atoms with Crippen LogP contribution < -0.4 is 0 Å². The lowest BCUT2D eigenvalue weighted by atomic mass is 10.0. The molecule has 1 aliphatic heterocycles. The van der Waals surface area contributed by atoms with E-state index in [4.69, 9.17) is 0 Å². The van der Waals surface area contributed by atoms with E-state index in [-0.39, 0.29) is 18.6 Å². The molecule has 0 aromatic heterocycles. The van der Waals surface area contributed by atoms with Gasteiger partial charge in [-0.15, -0.1) is 0 Å². The molecular weight excluding hydrogens is 154 g/mol. The standard InChI is InChI=1S/C7H10F2O2/c1-5(10)6-2-3-7(8,9)4-11-6/h6H,2-4H2,1H3. The minimum absolute atomic E-state index is 0.141. The normalized spacial score (nSPS) is 29.9. The molecule has 0 aromatic rings. The first-order valence-corrected chi connectivity index (χ1v) is 3.51. The van der Waals surface area contributed by atoms with Crippen LogP contribution in [0.2, 0.25) is 0 Å². The maximum atomic E-state index is 12.4. The molecule has 0 aliphatic carbocycles. The van der Waals surface area contributed by atoms with Crippen LogP contribution in [0.3, 0.4) is 0 Å². The first-order chi connectivity index (χ1) is 5.01. The average molecular weight is 164 g/mol. The van der Waals surface area contributed by atoms with Gasteiger partial charge >= 0.3 is 0 Å². The van der Waals surface area contributed by atoms with E-state index in [1.807, 2.05) is 0 Å². The van der Waals surface area contributed by atoms with Gasteiger partial charge in [0.25, 0.3) is 5.92 Å². The second kappa shape index (κ2) is 2.85. The molecule has 0 radical (unpaired) electrons. The van der Waals surface area contributed by atoms with Gasteiger partial charge in [0.2, 0.25) is 0 Å². The molecule has 0 spiro atoms. The van der Waals surface area contributed by atoms with Gasteiger partial charge in [-0.05, 0) is 13.3 Å². The van der Waals surface area contributed by atoms with Crippen LogP contribution in [0, 0.1) is 0 Å². The van der Waals surface area contributed by atoms with Gasteiger partial charge in [0.1, 0.15) is 12.7 Å². The van der Waals surface area contributed by atoms with Crippen molar-refractivity contribution in [3.05, 3.63) is 0 Å². The molecule has 0 amide bonds. The molecule has 2 nitrogen and oxygen atoms in total. The van der Waals surface area contributed by atoms with E-state index in [0.717, 1.165) is 0 Å². The van der Waals surface area contributed by atoms with Crippen molar-refractivity contribution in [2.45, 2.75) is 31.8 Å². The molecule has 1 heterocycles. The SMILES string of the molecule is CC(=O)C1CCC(F)(F)CO1. The van der Waals surface area contributed by atoms with Gasteiger partial charge in [-0.3, -0.25) is 4.79 Å². The van der Waals surface area contributed by atoms with Crippen molar-refractivity contribution < 1.29 is 18.3 Å². The minimum Gasteiger partial charge on any atom is -0.364 e. The number of rotatable bonds is 1. The molecule has 1 atom stereocenters. The quantitative estimate of drug-likeness (QED) is 0.585. The lowest BCUT2D eigenvalue weighted by molar-refractivity contribution is -0.158. The van der Waals surface area contributed by atoms with Crippen molar-refractivity contribution in [3.8, 4) is 0 Å². The summed E-state index contributed by atoms with van der Waals surface area (Å²) in [5.74, 6) is -2.90. The summed E-state index contributed by atoms with van der Waals surface area (Å²) in [6.45, 7) is 0.741. The third kappa shape index (κ3) is 2.22. The third-order valence-corrected chi connectivity index (χ3v) is 1.72. The Morgan fingerprint density at radius 2 is 2.27 bits per heavy atom. The van der Waals surface area contributed by atoms with Crippen LogP contribution in [0.5, 0.6) is 0 Å². The number of hydrogen-bond acceptors (Lipinski definition) is 2. The van der Waals surface area contributed by atoms with Crippen LogP contribution in [0.15, 0.2) is 0 Å². The number of halogens is 2. The third-order valence-electron chi connectivity index (χ3n) is 1.72. The van der Waals surface area contributed by atoms with Crippen molar-refractivity contribution in [2.24, 2.45) is 0 Å². The summed E-state index contributed by atoms with van der Waals surface area (Å²) in [6.07, 6.45) is -0.700. The number of carbonyl (C=O) groups excluding carboxylic acids is 1. The van der Waals surface area contributed by atoms with Crippen LogP contribution in [0.1, 0.15) is 19.8 Å². The molecule has 0 N–H and O–H groups in total. The highest BCUT2D eigenvalue weighted by atomic mass is 19.3. The maximum absolute atomic E-state index is 12.4. The summed E-state index contributed by atoms with van der Waals surface area (Å²) in [7, 11) is 0. The minimum atomic E-state index is -2.73. The van der Waals surface area contributed by atoms with Crippen molar-refractivity contribution in [1.82, 2.24) is 0 Å². The summed E-state index contributed by atoms with van der Waals surface area (Å²) in [4.78, 5) is 10.6. The van der Waals surface area contributed by atoms with Gasteiger partial charge in [-0.1, -0.05) is 0 Å². The molecule has 1 fully saturated rings. The Morgan fingerprint density at radius 1 is 1.64 bits per heavy atom. The Labute approximate surface area is 63.5 Å². The predicted octanol–water partition coefficient (Wildman–Crippen LogP) is 1.39. The molecule has 64 valence electrons. The topological polar surface area (TPSA) is 26.3 Å². The Morgan fingerprint density at radius 3 is 2.64 bits per heavy atom. The van der Waals surface area contributed by atoms with E-state index in [1.165, 1.54) is 6.92 Å². The van der Waals surface area contributed by atoms with Crippen LogP contribution in [0.4, 0.5) is 8.78 Å². The lowest BCUT2D eigenvalue weighted by Gasteiger charge is -2.26. The number of hydrogen-bond donors (Lipinski definition) is 0. The fourth-order valence-electron chi connectivity index (χ4n) is 1.04. The van der Waals surface area contributed by atoms with E-state index >= 15 is 0 Å². The molecule has 1 rings (SSSR count). The summed E-state index contributed by atoms with van der Waals surface area (Å²) in [5, 5.41) is 0. The molecule has 1 saturated heterocycles. The maximum Gasteiger partial charge on any atom is 0.271 e. The zero-order valence-corrected chi connectivity index (χ0v) is 6.27. The predicted molar refractivity (Wildman–Crippen MR) is 34.6 cm³/mol. The highest BCUT2D eigenvalue weighted by Gasteiger charge is 2.37. The van der Waals surface area contributed by atoms with Crippen LogP contribution in [-0.2, 0) is 9.53 Å². The first-order valence-electron chi connectivity index (χ1n) is 3.51. The van der Waals surface area contributed by atoms with Crippen molar-refractivity contribution in [1.29, 1.82) is 0 Å². The summed E-state index contributed by atoms with van der Waals surface area (Å²) in [6, 6.07) is 0. The summed E-state index contributed by atoms with van der Waals surface area (Å²) in [5.41, 5.74) is 0. The molecule has 0 saturated carbocycles. The van der Waals surface area contributed by atoms with Gasteiger partial charge in [0.05, 0.1) is 0 Å². The number of carbonyl (C=O) groups is 1. The van der Waals surface area contributed by atoms with E-state index in [0.29, 0.717) is 0 Å². The van der Waals surface area contributed by atoms with Crippen LogP contribution in [-0.4, -0.2) is 24.4 Å². The zero-order valence-electron chi connectivity index (χ0n) is 6.27. The molecule has 0 bridgehead atoms. The smallest absolute Gasteiger partial charge is 0.271 e. The van der Waals surface area contributed by atoms with Gasteiger partial charge < -0.3 is 4.74 Å². The Balaban J connectivity index is 2.42. The zero-order chi connectivity index (χ0) is 8.48. The monoisotopic (exact) mass is 164 g/mol. The molecule has 1 unspecified atom stereocenters. The summed E-state index contributed by atoms with van der Waals surface area (Å²) >= 11 is 0. The van der Waals surface area contributed by atoms with Gasteiger partial charge in [-0.2, -0.15) is 0 Å². The number of Topliss-reactive ketones (excluding diaryl/α,β-unsaturated/α-hetero) is 1. The number of ether oxygens (including phenoxy) is 1. The fraction of sp³-hybridized carbons (Fsp3) is 0.857. The van der Waals surface area contributed by atoms with E-state index in [1.54, 1.807) is 0 Å². The van der Waals surface area contributed by atoms with Gasteiger partial charge in [-0.25, -0.2) is 8.78 Å². The van der Waals surface area contributed by atoms with Crippen molar-refractivity contribution in [2.75, 3.05) is 6.61 Å². The highest BCUT2D eigenvalue weighted by molar-refractivity contribution is 5.80. The van der Waals surface area contributed by atoms with Gasteiger partial charge in [0.15, 0.2) is 5.78 Å². The first kappa shape index (κ1) is 8.59. The van der Waals surface area contributed by atoms with E-state index in [9.17, 15) is 13.6 Å². The van der Waals surface area contributed by atoms with Crippen molar-refractivity contribution >= 4 is 5.78 Å². The fourth-order valence-corrected chi connectivity index (χ4v) is 1.04. The molecule has 0 aromatic carbocycles. The molecule has 4 heteroatoms. The Bertz CT molecular complexity index is 158. The molecular formula is C7H10F2O2. The molecule has 11 heavy (non-hydrogen) atoms. The highest BCUT2D eigenvalue weighted by Crippen LogP contribution is 2.27. The van der Waals surface area contributed by atoms with Crippen LogP contribution >= 0.6 is 0 Å². The number of ketones is 1. The Kier molecular flexibility index (Phi) is 2.23.